The van der Waals surface area contributed by atoms with E-state index in [0.29, 0.717) is 19.1 Å². The van der Waals surface area contributed by atoms with Crippen molar-refractivity contribution in [2.45, 2.75) is 39.2 Å². The first kappa shape index (κ1) is 14.9. The first-order chi connectivity index (χ1) is 9.63. The van der Waals surface area contributed by atoms with Crippen LogP contribution in [0.5, 0.6) is 5.75 Å². The second-order valence-electron chi connectivity index (χ2n) is 5.52. The number of nitrogens with one attached hydrogen (secondary N) is 2. The van der Waals surface area contributed by atoms with Crippen LogP contribution >= 0.6 is 0 Å². The van der Waals surface area contributed by atoms with Gasteiger partial charge in [-0.05, 0) is 56.5 Å². The first-order valence-electron chi connectivity index (χ1n) is 7.34. The maximum atomic E-state index is 11.7. The molecule has 0 bridgehead atoms. The molecular weight excluding hydrogens is 252 g/mol. The van der Waals surface area contributed by atoms with Gasteiger partial charge >= 0.3 is 0 Å². The lowest BCUT2D eigenvalue weighted by atomic mass is 10.1. The minimum absolute atomic E-state index is 0.0584. The maximum Gasteiger partial charge on any atom is 0.223 e. The molecule has 2 N–H and O–H groups in total. The Morgan fingerprint density at radius 2 is 2.10 bits per heavy atom. The highest BCUT2D eigenvalue weighted by atomic mass is 16.5. The summed E-state index contributed by atoms with van der Waals surface area (Å²) in [5.41, 5.74) is 2.36. The van der Waals surface area contributed by atoms with Gasteiger partial charge in [-0.2, -0.15) is 0 Å². The van der Waals surface area contributed by atoms with Crippen molar-refractivity contribution >= 4 is 5.91 Å². The van der Waals surface area contributed by atoms with E-state index in [-0.39, 0.29) is 5.91 Å². The van der Waals surface area contributed by atoms with Crippen molar-refractivity contribution in [1.82, 2.24) is 10.6 Å². The lowest BCUT2D eigenvalue weighted by Crippen LogP contribution is -2.37. The number of carbonyl (C=O) groups excluding carboxylic acids is 1. The van der Waals surface area contributed by atoms with Crippen LogP contribution in [0.15, 0.2) is 18.2 Å². The van der Waals surface area contributed by atoms with Gasteiger partial charge in [0.15, 0.2) is 0 Å². The largest absolute Gasteiger partial charge is 0.493 e. The molecule has 1 unspecified atom stereocenters. The van der Waals surface area contributed by atoms with Crippen molar-refractivity contribution in [3.63, 3.8) is 0 Å². The Morgan fingerprint density at radius 1 is 1.35 bits per heavy atom. The minimum atomic E-state index is 0.0584. The molecule has 1 heterocycles. The molecule has 0 aliphatic carbocycles. The molecule has 0 radical (unpaired) electrons. The van der Waals surface area contributed by atoms with Gasteiger partial charge in [-0.3, -0.25) is 4.79 Å². The molecular formula is C16H24N2O2. The molecule has 2 rings (SSSR count). The van der Waals surface area contributed by atoms with Gasteiger partial charge in [-0.1, -0.05) is 6.07 Å². The van der Waals surface area contributed by atoms with Gasteiger partial charge in [0, 0.05) is 12.6 Å². The van der Waals surface area contributed by atoms with E-state index in [2.05, 4.69) is 16.7 Å². The van der Waals surface area contributed by atoms with E-state index in [9.17, 15) is 4.79 Å². The van der Waals surface area contributed by atoms with Gasteiger partial charge in [-0.15, -0.1) is 0 Å². The van der Waals surface area contributed by atoms with E-state index < -0.39 is 0 Å². The van der Waals surface area contributed by atoms with Crippen LogP contribution in [0.1, 0.15) is 30.4 Å². The predicted octanol–water partition coefficient (Wildman–Crippen LogP) is 1.94. The van der Waals surface area contributed by atoms with Gasteiger partial charge in [-0.25, -0.2) is 0 Å². The predicted molar refractivity (Wildman–Crippen MR) is 80.1 cm³/mol. The summed E-state index contributed by atoms with van der Waals surface area (Å²) in [7, 11) is 0. The number of hydrogen-bond donors (Lipinski definition) is 2. The van der Waals surface area contributed by atoms with Crippen LogP contribution in [0.2, 0.25) is 0 Å². The van der Waals surface area contributed by atoms with Crippen LogP contribution in [-0.4, -0.2) is 31.6 Å². The summed E-state index contributed by atoms with van der Waals surface area (Å²) >= 11 is 0. The van der Waals surface area contributed by atoms with E-state index in [1.165, 1.54) is 17.5 Å². The number of ether oxygens (including phenoxy) is 1. The third kappa shape index (κ3) is 4.85. The number of carbonyl (C=O) groups is 1. The van der Waals surface area contributed by atoms with Gasteiger partial charge in [0.05, 0.1) is 13.0 Å². The highest BCUT2D eigenvalue weighted by Crippen LogP contribution is 2.16. The van der Waals surface area contributed by atoms with Gasteiger partial charge in [0.2, 0.25) is 5.91 Å². The second-order valence-corrected chi connectivity index (χ2v) is 5.52. The van der Waals surface area contributed by atoms with Gasteiger partial charge in [0.25, 0.3) is 0 Å². The number of benzene rings is 1. The first-order valence-corrected chi connectivity index (χ1v) is 7.34. The van der Waals surface area contributed by atoms with Crippen molar-refractivity contribution in [2.24, 2.45) is 0 Å². The SMILES string of the molecule is Cc1cc(C)cc(OCCC(=O)NCC2CCCN2)c1. The molecule has 1 saturated heterocycles. The molecule has 1 atom stereocenters. The van der Waals surface area contributed by atoms with Gasteiger partial charge in [0.1, 0.15) is 5.75 Å². The molecule has 1 aliphatic rings. The summed E-state index contributed by atoms with van der Waals surface area (Å²) < 4.78 is 5.63. The highest BCUT2D eigenvalue weighted by molar-refractivity contribution is 5.76. The van der Waals surface area contributed by atoms with Crippen LogP contribution in [0.4, 0.5) is 0 Å². The number of amides is 1. The van der Waals surface area contributed by atoms with Crippen LogP contribution in [0.25, 0.3) is 0 Å². The molecule has 1 amide bonds. The van der Waals surface area contributed by atoms with E-state index in [1.807, 2.05) is 26.0 Å². The second kappa shape index (κ2) is 7.29. The Balaban J connectivity index is 1.65. The summed E-state index contributed by atoms with van der Waals surface area (Å²) in [6.07, 6.45) is 2.76. The van der Waals surface area contributed by atoms with Crippen molar-refractivity contribution < 1.29 is 9.53 Å². The molecule has 4 nitrogen and oxygen atoms in total. The smallest absolute Gasteiger partial charge is 0.223 e. The van der Waals surface area contributed by atoms with Crippen molar-refractivity contribution in [1.29, 1.82) is 0 Å². The third-order valence-electron chi connectivity index (χ3n) is 3.50. The standard InChI is InChI=1S/C16H24N2O2/c1-12-8-13(2)10-15(9-12)20-7-5-16(19)18-11-14-4-3-6-17-14/h8-10,14,17H,3-7,11H2,1-2H3,(H,18,19). The Bertz CT molecular complexity index is 434. The fourth-order valence-corrected chi connectivity index (χ4v) is 2.53. The highest BCUT2D eigenvalue weighted by Gasteiger charge is 2.14. The zero-order valence-electron chi connectivity index (χ0n) is 12.4. The van der Waals surface area contributed by atoms with E-state index >= 15 is 0 Å². The molecule has 1 aliphatic heterocycles. The normalized spacial score (nSPS) is 18.0. The molecule has 0 spiro atoms. The fourth-order valence-electron chi connectivity index (χ4n) is 2.53. The molecule has 1 aromatic rings. The number of aryl methyl sites for hydroxylation is 2. The lowest BCUT2D eigenvalue weighted by molar-refractivity contribution is -0.121. The average Bonchev–Trinajstić information content (AvgIpc) is 2.88. The molecule has 0 saturated carbocycles. The van der Waals surface area contributed by atoms with Crippen LogP contribution in [0.3, 0.4) is 0 Å². The quantitative estimate of drug-likeness (QED) is 0.835. The molecule has 20 heavy (non-hydrogen) atoms. The number of rotatable bonds is 6. The van der Waals surface area contributed by atoms with E-state index in [4.69, 9.17) is 4.74 Å². The van der Waals surface area contributed by atoms with Crippen molar-refractivity contribution in [3.8, 4) is 5.75 Å². The third-order valence-corrected chi connectivity index (χ3v) is 3.50. The Kier molecular flexibility index (Phi) is 5.41. The molecule has 1 fully saturated rings. The summed E-state index contributed by atoms with van der Waals surface area (Å²) in [5.74, 6) is 0.899. The Morgan fingerprint density at radius 3 is 2.75 bits per heavy atom. The van der Waals surface area contributed by atoms with E-state index in [1.54, 1.807) is 0 Å². The maximum absolute atomic E-state index is 11.7. The zero-order chi connectivity index (χ0) is 14.4. The molecule has 4 heteroatoms. The monoisotopic (exact) mass is 276 g/mol. The number of hydrogen-bond acceptors (Lipinski definition) is 3. The van der Waals surface area contributed by atoms with Crippen LogP contribution < -0.4 is 15.4 Å². The molecule has 0 aromatic heterocycles. The zero-order valence-corrected chi connectivity index (χ0v) is 12.4. The summed E-state index contributed by atoms with van der Waals surface area (Å²) in [6.45, 7) is 6.30. The Hall–Kier alpha value is -1.55. The van der Waals surface area contributed by atoms with Crippen LogP contribution in [-0.2, 0) is 4.79 Å². The molecule has 110 valence electrons. The van der Waals surface area contributed by atoms with Crippen LogP contribution in [0, 0.1) is 13.8 Å². The minimum Gasteiger partial charge on any atom is -0.493 e. The average molecular weight is 276 g/mol. The topological polar surface area (TPSA) is 50.4 Å². The van der Waals surface area contributed by atoms with E-state index in [0.717, 1.165) is 25.3 Å². The van der Waals surface area contributed by atoms with Crippen molar-refractivity contribution in [3.05, 3.63) is 29.3 Å². The summed E-state index contributed by atoms with van der Waals surface area (Å²) in [5, 5.41) is 6.31. The summed E-state index contributed by atoms with van der Waals surface area (Å²) in [6, 6.07) is 6.54. The molecule has 1 aromatic carbocycles. The summed E-state index contributed by atoms with van der Waals surface area (Å²) in [4.78, 5) is 11.7. The fraction of sp³-hybridized carbons (Fsp3) is 0.562. The lowest BCUT2D eigenvalue weighted by Gasteiger charge is -2.12. The van der Waals surface area contributed by atoms with Crippen molar-refractivity contribution in [2.75, 3.05) is 19.7 Å². The Labute approximate surface area is 120 Å². The van der Waals surface area contributed by atoms with Gasteiger partial charge < -0.3 is 15.4 Å².